The second-order valence-electron chi connectivity index (χ2n) is 3.46. The molecule has 0 bridgehead atoms. The molecule has 0 fully saturated rings. The van der Waals surface area contributed by atoms with E-state index in [0.29, 0.717) is 0 Å². The van der Waals surface area contributed by atoms with E-state index in [1.165, 1.54) is 38.5 Å². The van der Waals surface area contributed by atoms with Gasteiger partial charge in [0.05, 0.1) is 0 Å². The van der Waals surface area contributed by atoms with Gasteiger partial charge in [0.1, 0.15) is 0 Å². The zero-order chi connectivity index (χ0) is 11.1. The minimum Gasteiger partial charge on any atom is -0.518 e. The number of unbranched alkanes of at least 4 members (excludes halogenated alkanes) is 6. The summed E-state index contributed by atoms with van der Waals surface area (Å²) >= 11 is 0. The third-order valence-corrected chi connectivity index (χ3v) is 1.95. The number of hydrogen-bond acceptors (Lipinski definition) is 0. The van der Waals surface area contributed by atoms with Gasteiger partial charge in [-0.15, -0.1) is 0 Å². The van der Waals surface area contributed by atoms with Gasteiger partial charge >= 0.3 is 17.1 Å². The summed E-state index contributed by atoms with van der Waals surface area (Å²) in [6.07, 6.45) is 13.3. The molecule has 0 aromatic carbocycles. The molecule has 0 saturated carbocycles. The summed E-state index contributed by atoms with van der Waals surface area (Å²) < 4.78 is 0. The first-order valence-corrected chi connectivity index (χ1v) is 5.90. The maximum atomic E-state index is 5.14. The van der Waals surface area contributed by atoms with Gasteiger partial charge < -0.3 is 13.2 Å². The van der Waals surface area contributed by atoms with Gasteiger partial charge in [0, 0.05) is 18.9 Å². The van der Waals surface area contributed by atoms with E-state index in [1.54, 1.807) is 12.2 Å². The van der Waals surface area contributed by atoms with Gasteiger partial charge in [-0.25, -0.2) is 0 Å². The van der Waals surface area contributed by atoms with Crippen LogP contribution in [0.2, 0.25) is 0 Å². The fourth-order valence-electron chi connectivity index (χ4n) is 1.02. The van der Waals surface area contributed by atoms with Crippen molar-refractivity contribution in [3.63, 3.8) is 0 Å². The topological polar surface area (TPSA) is 0 Å². The second kappa shape index (κ2) is 29.6. The fraction of sp³-hybridized carbons (Fsp3) is 0.714. The van der Waals surface area contributed by atoms with Crippen molar-refractivity contribution in [1.82, 2.24) is 0 Å². The average Bonchev–Trinajstić information content (AvgIpc) is 2.21. The summed E-state index contributed by atoms with van der Waals surface area (Å²) in [5.41, 5.74) is 0. The van der Waals surface area contributed by atoms with Gasteiger partial charge in [0.2, 0.25) is 0 Å². The Bertz CT molecular complexity index is 99.3. The van der Waals surface area contributed by atoms with Crippen LogP contribution in [0, 0.1) is 13.2 Å². The zero-order valence-electron chi connectivity index (χ0n) is 11.3. The molecule has 2 radical (unpaired) electrons. The molecular weight excluding hydrogens is 239 g/mol. The first kappa shape index (κ1) is 25.4. The minimum absolute atomic E-state index is 0. The van der Waals surface area contributed by atoms with Gasteiger partial charge in [-0.05, 0) is 0 Å². The number of allylic oxidation sites excluding steroid dienone is 2. The van der Waals surface area contributed by atoms with E-state index >= 15 is 0 Å². The minimum atomic E-state index is 0. The Morgan fingerprint density at radius 3 is 1.25 bits per heavy atom. The van der Waals surface area contributed by atoms with E-state index in [2.05, 4.69) is 13.8 Å². The molecule has 0 aliphatic rings. The molecule has 0 nitrogen and oxygen atoms in total. The quantitative estimate of drug-likeness (QED) is 0.338. The molecule has 0 spiro atoms. The van der Waals surface area contributed by atoms with Crippen molar-refractivity contribution >= 4 is 18.9 Å². The Morgan fingerprint density at radius 1 is 0.750 bits per heavy atom. The van der Waals surface area contributed by atoms with Gasteiger partial charge in [-0.2, -0.15) is 0 Å². The summed E-state index contributed by atoms with van der Waals surface area (Å²) in [6, 6.07) is 0. The van der Waals surface area contributed by atoms with Gasteiger partial charge in [-0.3, -0.25) is 12.2 Å². The van der Waals surface area contributed by atoms with Crippen molar-refractivity contribution < 1.29 is 17.1 Å². The first-order chi connectivity index (χ1) is 6.83. The van der Waals surface area contributed by atoms with Gasteiger partial charge in [-0.1, -0.05) is 65.2 Å². The van der Waals surface area contributed by atoms with E-state index in [-0.39, 0.29) is 35.9 Å². The molecule has 0 saturated heterocycles. The van der Waals surface area contributed by atoms with E-state index < -0.39 is 0 Å². The molecule has 0 aliphatic carbocycles. The van der Waals surface area contributed by atoms with Crippen molar-refractivity contribution in [2.45, 2.75) is 65.2 Å². The molecular formula is C14H26CuLi. The Kier molecular flexibility index (Phi) is 47.1. The smallest absolute Gasteiger partial charge is 0.518 e. The van der Waals surface area contributed by atoms with Crippen LogP contribution in [0.5, 0.6) is 0 Å². The van der Waals surface area contributed by atoms with Crippen LogP contribution in [0.25, 0.3) is 0 Å². The monoisotopic (exact) mass is 264 g/mol. The summed E-state index contributed by atoms with van der Waals surface area (Å²) in [7, 11) is 0. The normalized spacial score (nSPS) is 7.62. The van der Waals surface area contributed by atoms with Gasteiger partial charge in [0.15, 0.2) is 0 Å². The maximum Gasteiger partial charge on any atom is 2.00 e. The summed E-state index contributed by atoms with van der Waals surface area (Å²) in [5.74, 6) is 0. The van der Waals surface area contributed by atoms with E-state index in [4.69, 9.17) is 13.2 Å². The standard InChI is InChI=1S/2C7H13.Cu.Li/c2*1-3-5-7-6-4-2;;/h2*1,3H,4-7H2,2H3;;/q2*-1;+2;. The van der Waals surface area contributed by atoms with E-state index in [0.717, 1.165) is 12.8 Å². The third kappa shape index (κ3) is 36.5. The molecule has 16 heavy (non-hydrogen) atoms. The SMILES string of the molecule is [CH-]=CCCCCC.[CH-]=CCCCCC.[Cu+2].[Li]. The Balaban J connectivity index is -0.0000000800. The van der Waals surface area contributed by atoms with Gasteiger partial charge in [0.25, 0.3) is 0 Å². The van der Waals surface area contributed by atoms with Crippen LogP contribution in [0.1, 0.15) is 65.2 Å². The molecule has 0 unspecified atom stereocenters. The second-order valence-corrected chi connectivity index (χ2v) is 3.46. The molecule has 94 valence electrons. The van der Waals surface area contributed by atoms with Crippen molar-refractivity contribution in [1.29, 1.82) is 0 Å². The summed E-state index contributed by atoms with van der Waals surface area (Å²) in [4.78, 5) is 0. The van der Waals surface area contributed by atoms with Crippen molar-refractivity contribution in [3.05, 3.63) is 25.3 Å². The zero-order valence-corrected chi connectivity index (χ0v) is 12.2. The third-order valence-electron chi connectivity index (χ3n) is 1.95. The van der Waals surface area contributed by atoms with Crippen molar-refractivity contribution in [2.75, 3.05) is 0 Å². The first-order valence-electron chi connectivity index (χ1n) is 5.90. The van der Waals surface area contributed by atoms with Crippen LogP contribution >= 0.6 is 0 Å². The summed E-state index contributed by atoms with van der Waals surface area (Å²) in [5, 5.41) is 0. The molecule has 0 heterocycles. The molecule has 0 rings (SSSR count). The van der Waals surface area contributed by atoms with Crippen LogP contribution in [0.15, 0.2) is 12.2 Å². The Labute approximate surface area is 126 Å². The van der Waals surface area contributed by atoms with Crippen molar-refractivity contribution in [2.24, 2.45) is 0 Å². The van der Waals surface area contributed by atoms with Crippen LogP contribution in [-0.4, -0.2) is 18.9 Å². The van der Waals surface area contributed by atoms with Crippen molar-refractivity contribution in [3.8, 4) is 0 Å². The molecule has 0 atom stereocenters. The van der Waals surface area contributed by atoms with E-state index in [9.17, 15) is 0 Å². The largest absolute Gasteiger partial charge is 2.00 e. The predicted molar refractivity (Wildman–Crippen MR) is 71.8 cm³/mol. The number of hydrogen-bond donors (Lipinski definition) is 0. The molecule has 0 N–H and O–H groups in total. The molecule has 2 heteroatoms. The fourth-order valence-corrected chi connectivity index (χ4v) is 1.02. The Morgan fingerprint density at radius 2 is 1.06 bits per heavy atom. The average molecular weight is 265 g/mol. The molecule has 0 amide bonds. The van der Waals surface area contributed by atoms with Crippen LogP contribution in [0.3, 0.4) is 0 Å². The molecule has 0 aromatic rings. The van der Waals surface area contributed by atoms with Crippen LogP contribution < -0.4 is 0 Å². The Hall–Kier alpha value is 0.597. The number of rotatable bonds is 8. The van der Waals surface area contributed by atoms with E-state index in [1.807, 2.05) is 0 Å². The maximum absolute atomic E-state index is 5.14. The molecule has 0 aromatic heterocycles. The predicted octanol–water partition coefficient (Wildman–Crippen LogP) is 4.73. The summed E-state index contributed by atoms with van der Waals surface area (Å²) in [6.45, 7) is 14.7. The van der Waals surface area contributed by atoms with Crippen LogP contribution in [0.4, 0.5) is 0 Å². The van der Waals surface area contributed by atoms with Crippen LogP contribution in [-0.2, 0) is 17.1 Å². The molecule has 0 aliphatic heterocycles.